The van der Waals surface area contributed by atoms with E-state index >= 15 is 0 Å². The fourth-order valence-corrected chi connectivity index (χ4v) is 2.17. The van der Waals surface area contributed by atoms with Gasteiger partial charge in [-0.3, -0.25) is 0 Å². The highest BCUT2D eigenvalue weighted by atomic mass is 19.1. The zero-order valence-electron chi connectivity index (χ0n) is 10.5. The molecule has 0 bridgehead atoms. The second-order valence-electron chi connectivity index (χ2n) is 4.56. The summed E-state index contributed by atoms with van der Waals surface area (Å²) < 4.78 is 14.8. The van der Waals surface area contributed by atoms with Gasteiger partial charge in [-0.1, -0.05) is 12.1 Å². The van der Waals surface area contributed by atoms with E-state index < -0.39 is 0 Å². The number of fused-ring (bicyclic) bond motifs is 1. The predicted molar refractivity (Wildman–Crippen MR) is 71.6 cm³/mol. The molecule has 0 saturated carbocycles. The Morgan fingerprint density at radius 2 is 1.89 bits per heavy atom. The van der Waals surface area contributed by atoms with E-state index in [0.29, 0.717) is 6.42 Å². The molecule has 0 unspecified atom stereocenters. The minimum Gasteiger partial charge on any atom is -0.508 e. The standard InChI is InChI=1S/C15H13FN2O/c1-18-14-9-12(19)6-7-13(14)17-15(18)8-10-2-4-11(16)5-3-10/h2-7,9,19H,8H2,1H3. The smallest absolute Gasteiger partial charge is 0.123 e. The fraction of sp³-hybridized carbons (Fsp3) is 0.133. The minimum atomic E-state index is -0.237. The summed E-state index contributed by atoms with van der Waals surface area (Å²) in [5.41, 5.74) is 2.73. The Bertz CT molecular complexity index is 732. The van der Waals surface area contributed by atoms with Gasteiger partial charge in [-0.05, 0) is 29.8 Å². The molecular formula is C15H13FN2O. The molecule has 3 rings (SSSR count). The van der Waals surface area contributed by atoms with Crippen molar-refractivity contribution in [2.75, 3.05) is 0 Å². The van der Waals surface area contributed by atoms with Gasteiger partial charge < -0.3 is 9.67 Å². The van der Waals surface area contributed by atoms with Gasteiger partial charge in [0.05, 0.1) is 11.0 Å². The third-order valence-corrected chi connectivity index (χ3v) is 3.23. The molecule has 3 aromatic rings. The summed E-state index contributed by atoms with van der Waals surface area (Å²) >= 11 is 0. The largest absolute Gasteiger partial charge is 0.508 e. The highest BCUT2D eigenvalue weighted by molar-refractivity contribution is 5.77. The molecule has 4 heteroatoms. The van der Waals surface area contributed by atoms with Crippen LogP contribution in [0.3, 0.4) is 0 Å². The maximum atomic E-state index is 12.9. The average Bonchev–Trinajstić information content (AvgIpc) is 2.70. The Kier molecular flexibility index (Phi) is 2.71. The molecule has 19 heavy (non-hydrogen) atoms. The van der Waals surface area contributed by atoms with Crippen LogP contribution in [0.1, 0.15) is 11.4 Å². The van der Waals surface area contributed by atoms with E-state index in [1.54, 1.807) is 30.3 Å². The van der Waals surface area contributed by atoms with Crippen LogP contribution >= 0.6 is 0 Å². The molecule has 1 heterocycles. The maximum Gasteiger partial charge on any atom is 0.123 e. The lowest BCUT2D eigenvalue weighted by atomic mass is 10.1. The molecule has 0 radical (unpaired) electrons. The van der Waals surface area contributed by atoms with Gasteiger partial charge in [-0.15, -0.1) is 0 Å². The van der Waals surface area contributed by atoms with Gasteiger partial charge in [-0.25, -0.2) is 9.37 Å². The van der Waals surface area contributed by atoms with Gasteiger partial charge in [-0.2, -0.15) is 0 Å². The zero-order valence-corrected chi connectivity index (χ0v) is 10.5. The fourth-order valence-electron chi connectivity index (χ4n) is 2.17. The number of aromatic nitrogens is 2. The molecule has 0 spiro atoms. The van der Waals surface area contributed by atoms with Gasteiger partial charge in [0, 0.05) is 19.5 Å². The van der Waals surface area contributed by atoms with Crippen LogP contribution in [0.4, 0.5) is 4.39 Å². The van der Waals surface area contributed by atoms with Crippen molar-refractivity contribution in [3.63, 3.8) is 0 Å². The van der Waals surface area contributed by atoms with Crippen LogP contribution in [0.15, 0.2) is 42.5 Å². The molecule has 0 atom stereocenters. The van der Waals surface area contributed by atoms with Crippen molar-refractivity contribution in [3.05, 3.63) is 59.7 Å². The summed E-state index contributed by atoms with van der Waals surface area (Å²) in [5, 5.41) is 9.50. The number of aromatic hydroxyl groups is 1. The topological polar surface area (TPSA) is 38.0 Å². The van der Waals surface area contributed by atoms with Gasteiger partial charge in [0.15, 0.2) is 0 Å². The molecule has 2 aromatic carbocycles. The van der Waals surface area contributed by atoms with E-state index in [0.717, 1.165) is 22.4 Å². The molecule has 0 aliphatic carbocycles. The highest BCUT2D eigenvalue weighted by Crippen LogP contribution is 2.21. The van der Waals surface area contributed by atoms with E-state index in [1.807, 2.05) is 11.6 Å². The third kappa shape index (κ3) is 2.17. The molecule has 0 aliphatic rings. The number of benzene rings is 2. The number of halogens is 1. The van der Waals surface area contributed by atoms with Crippen molar-refractivity contribution in [2.24, 2.45) is 7.05 Å². The Balaban J connectivity index is 2.01. The first-order valence-electron chi connectivity index (χ1n) is 6.02. The maximum absolute atomic E-state index is 12.9. The SMILES string of the molecule is Cn1c(Cc2ccc(F)cc2)nc2ccc(O)cc21. The highest BCUT2D eigenvalue weighted by Gasteiger charge is 2.09. The number of nitrogens with zero attached hydrogens (tertiary/aromatic N) is 2. The monoisotopic (exact) mass is 256 g/mol. The van der Waals surface area contributed by atoms with E-state index in [-0.39, 0.29) is 11.6 Å². The predicted octanol–water partition coefficient (Wildman–Crippen LogP) is 3.01. The third-order valence-electron chi connectivity index (χ3n) is 3.23. The van der Waals surface area contributed by atoms with Crippen molar-refractivity contribution in [3.8, 4) is 5.75 Å². The van der Waals surface area contributed by atoms with Crippen LogP contribution in [0, 0.1) is 5.82 Å². The van der Waals surface area contributed by atoms with E-state index in [1.165, 1.54) is 12.1 Å². The van der Waals surface area contributed by atoms with Crippen molar-refractivity contribution in [1.29, 1.82) is 0 Å². The lowest BCUT2D eigenvalue weighted by Crippen LogP contribution is -1.99. The molecule has 96 valence electrons. The summed E-state index contributed by atoms with van der Waals surface area (Å²) in [6.07, 6.45) is 0.631. The summed E-state index contributed by atoms with van der Waals surface area (Å²) in [7, 11) is 1.91. The number of hydrogen-bond donors (Lipinski definition) is 1. The molecule has 3 nitrogen and oxygen atoms in total. The molecule has 0 aliphatic heterocycles. The van der Waals surface area contributed by atoms with E-state index in [9.17, 15) is 9.50 Å². The Hall–Kier alpha value is -2.36. The van der Waals surface area contributed by atoms with Crippen LogP contribution in [-0.4, -0.2) is 14.7 Å². The summed E-state index contributed by atoms with van der Waals surface area (Å²) in [4.78, 5) is 4.53. The summed E-state index contributed by atoms with van der Waals surface area (Å²) in [6.45, 7) is 0. The van der Waals surface area contributed by atoms with Crippen LogP contribution in [0.5, 0.6) is 5.75 Å². The zero-order chi connectivity index (χ0) is 13.4. The van der Waals surface area contributed by atoms with Crippen molar-refractivity contribution in [2.45, 2.75) is 6.42 Å². The number of phenolic OH excluding ortho intramolecular Hbond substituents is 1. The Morgan fingerprint density at radius 3 is 2.63 bits per heavy atom. The van der Waals surface area contributed by atoms with Crippen LogP contribution in [0.2, 0.25) is 0 Å². The number of rotatable bonds is 2. The summed E-state index contributed by atoms with van der Waals surface area (Å²) in [5.74, 6) is 0.870. The Morgan fingerprint density at radius 1 is 1.16 bits per heavy atom. The van der Waals surface area contributed by atoms with Gasteiger partial charge >= 0.3 is 0 Å². The molecule has 0 amide bonds. The number of aryl methyl sites for hydroxylation is 1. The first kappa shape index (κ1) is 11.7. The van der Waals surface area contributed by atoms with Gasteiger partial charge in [0.1, 0.15) is 17.4 Å². The quantitative estimate of drug-likeness (QED) is 0.765. The second-order valence-corrected chi connectivity index (χ2v) is 4.56. The minimum absolute atomic E-state index is 0.226. The number of phenols is 1. The van der Waals surface area contributed by atoms with Crippen LogP contribution in [-0.2, 0) is 13.5 Å². The number of hydrogen-bond acceptors (Lipinski definition) is 2. The molecular weight excluding hydrogens is 243 g/mol. The van der Waals surface area contributed by atoms with Crippen molar-refractivity contribution < 1.29 is 9.50 Å². The van der Waals surface area contributed by atoms with Crippen LogP contribution < -0.4 is 0 Å². The molecule has 1 aromatic heterocycles. The first-order chi connectivity index (χ1) is 9.13. The van der Waals surface area contributed by atoms with E-state index in [4.69, 9.17) is 0 Å². The second kappa shape index (κ2) is 4.39. The molecule has 0 saturated heterocycles. The lowest BCUT2D eigenvalue weighted by Gasteiger charge is -2.03. The molecule has 0 fully saturated rings. The molecule has 1 N–H and O–H groups in total. The van der Waals surface area contributed by atoms with Gasteiger partial charge in [0.2, 0.25) is 0 Å². The van der Waals surface area contributed by atoms with Crippen molar-refractivity contribution in [1.82, 2.24) is 9.55 Å². The van der Waals surface area contributed by atoms with Crippen molar-refractivity contribution >= 4 is 11.0 Å². The number of imidazole rings is 1. The van der Waals surface area contributed by atoms with E-state index in [2.05, 4.69) is 4.98 Å². The normalized spacial score (nSPS) is 11.1. The average molecular weight is 256 g/mol. The van der Waals surface area contributed by atoms with Gasteiger partial charge in [0.25, 0.3) is 0 Å². The lowest BCUT2D eigenvalue weighted by molar-refractivity contribution is 0.476. The first-order valence-corrected chi connectivity index (χ1v) is 6.02. The van der Waals surface area contributed by atoms with Crippen LogP contribution in [0.25, 0.3) is 11.0 Å². The Labute approximate surface area is 109 Å². The summed E-state index contributed by atoms with van der Waals surface area (Å²) in [6, 6.07) is 11.5.